The van der Waals surface area contributed by atoms with Crippen LogP contribution in [-0.2, 0) is 4.74 Å². The quantitative estimate of drug-likeness (QED) is 0.718. The molecule has 1 aliphatic carbocycles. The second kappa shape index (κ2) is 8.42. The zero-order chi connectivity index (χ0) is 23.2. The average molecular weight is 467 g/mol. The van der Waals surface area contributed by atoms with E-state index in [1.165, 1.54) is 4.57 Å². The SMILES string of the molecule is CC(C)(C)OC(=O)NCC1CCCN(c2c(F)cc3c(=O)[nH]c(=O)n(C4CC4)c3c2Cl)C1. The Morgan fingerprint density at radius 3 is 2.69 bits per heavy atom. The highest BCUT2D eigenvalue weighted by Gasteiger charge is 2.31. The Morgan fingerprint density at radius 2 is 2.03 bits per heavy atom. The fraction of sp³-hybridized carbons (Fsp3) is 0.591. The minimum atomic E-state index is -0.646. The molecule has 1 saturated heterocycles. The van der Waals surface area contributed by atoms with E-state index in [2.05, 4.69) is 10.3 Å². The summed E-state index contributed by atoms with van der Waals surface area (Å²) in [7, 11) is 0. The summed E-state index contributed by atoms with van der Waals surface area (Å²) in [5.74, 6) is -0.526. The molecule has 4 rings (SSSR count). The maximum absolute atomic E-state index is 15.2. The van der Waals surface area contributed by atoms with Crippen LogP contribution >= 0.6 is 11.6 Å². The lowest BCUT2D eigenvalue weighted by atomic mass is 9.97. The van der Waals surface area contributed by atoms with Crippen LogP contribution in [0.5, 0.6) is 0 Å². The van der Waals surface area contributed by atoms with Crippen LogP contribution in [0.3, 0.4) is 0 Å². The van der Waals surface area contributed by atoms with E-state index in [0.29, 0.717) is 19.6 Å². The molecule has 1 aromatic carbocycles. The smallest absolute Gasteiger partial charge is 0.407 e. The first kappa shape index (κ1) is 22.6. The van der Waals surface area contributed by atoms with Crippen LogP contribution in [-0.4, -0.2) is 40.9 Å². The molecule has 0 radical (unpaired) electrons. The summed E-state index contributed by atoms with van der Waals surface area (Å²) in [6.45, 7) is 6.85. The number of H-pyrrole nitrogens is 1. The highest BCUT2D eigenvalue weighted by atomic mass is 35.5. The van der Waals surface area contributed by atoms with Gasteiger partial charge in [0.25, 0.3) is 5.56 Å². The van der Waals surface area contributed by atoms with Gasteiger partial charge in [0.15, 0.2) is 0 Å². The molecular formula is C22H28ClFN4O4. The van der Waals surface area contributed by atoms with Crippen molar-refractivity contribution in [3.05, 3.63) is 37.7 Å². The van der Waals surface area contributed by atoms with Crippen LogP contribution in [0.25, 0.3) is 10.9 Å². The lowest BCUT2D eigenvalue weighted by Gasteiger charge is -2.35. The second-order valence-electron chi connectivity index (χ2n) is 9.61. The summed E-state index contributed by atoms with van der Waals surface area (Å²) in [5, 5.41) is 2.93. The van der Waals surface area contributed by atoms with Crippen molar-refractivity contribution in [2.45, 2.75) is 58.1 Å². The number of carbonyl (C=O) groups excluding carboxylic acids is 1. The van der Waals surface area contributed by atoms with Crippen molar-refractivity contribution in [2.75, 3.05) is 24.5 Å². The molecule has 1 aromatic heterocycles. The summed E-state index contributed by atoms with van der Waals surface area (Å²) in [6, 6.07) is 1.13. The third kappa shape index (κ3) is 4.62. The number of anilines is 1. The molecule has 2 aromatic rings. The largest absolute Gasteiger partial charge is 0.444 e. The van der Waals surface area contributed by atoms with Crippen LogP contribution in [0.2, 0.25) is 5.02 Å². The predicted octanol–water partition coefficient (Wildman–Crippen LogP) is 3.56. The Hall–Kier alpha value is -2.55. The van der Waals surface area contributed by atoms with E-state index < -0.39 is 28.8 Å². The molecule has 1 amide bonds. The fourth-order valence-corrected chi connectivity index (χ4v) is 4.68. The molecule has 2 fully saturated rings. The lowest BCUT2D eigenvalue weighted by Crippen LogP contribution is -2.42. The maximum atomic E-state index is 15.2. The van der Waals surface area contributed by atoms with Crippen molar-refractivity contribution in [3.8, 4) is 0 Å². The van der Waals surface area contributed by atoms with Gasteiger partial charge in [-0.3, -0.25) is 14.3 Å². The minimum Gasteiger partial charge on any atom is -0.444 e. The molecule has 174 valence electrons. The van der Waals surface area contributed by atoms with Gasteiger partial charge in [0, 0.05) is 25.7 Å². The van der Waals surface area contributed by atoms with Gasteiger partial charge in [0.1, 0.15) is 11.4 Å². The fourth-order valence-electron chi connectivity index (χ4n) is 4.28. The summed E-state index contributed by atoms with van der Waals surface area (Å²) >= 11 is 6.67. The number of ether oxygens (including phenoxy) is 1. The van der Waals surface area contributed by atoms with E-state index >= 15 is 4.39 Å². The van der Waals surface area contributed by atoms with Crippen LogP contribution in [0.4, 0.5) is 14.9 Å². The first-order chi connectivity index (χ1) is 15.0. The molecule has 0 spiro atoms. The van der Waals surface area contributed by atoms with Gasteiger partial charge in [-0.2, -0.15) is 0 Å². The number of hydrogen-bond donors (Lipinski definition) is 2. The average Bonchev–Trinajstić information content (AvgIpc) is 3.51. The van der Waals surface area contributed by atoms with Crippen LogP contribution in [0.15, 0.2) is 15.7 Å². The molecule has 1 aliphatic heterocycles. The molecule has 2 heterocycles. The van der Waals surface area contributed by atoms with Gasteiger partial charge in [-0.25, -0.2) is 14.0 Å². The van der Waals surface area contributed by atoms with Crippen LogP contribution < -0.4 is 21.5 Å². The Balaban J connectivity index is 1.62. The number of aromatic amines is 1. The van der Waals surface area contributed by atoms with Crippen molar-refractivity contribution >= 4 is 34.3 Å². The lowest BCUT2D eigenvalue weighted by molar-refractivity contribution is 0.0517. The van der Waals surface area contributed by atoms with Gasteiger partial charge >= 0.3 is 11.8 Å². The number of nitrogens with one attached hydrogen (secondary N) is 2. The molecule has 0 bridgehead atoms. The molecule has 10 heteroatoms. The van der Waals surface area contributed by atoms with E-state index in [4.69, 9.17) is 16.3 Å². The Kier molecular flexibility index (Phi) is 5.96. The van der Waals surface area contributed by atoms with Crippen molar-refractivity contribution in [2.24, 2.45) is 5.92 Å². The monoisotopic (exact) mass is 466 g/mol. The number of carbonyl (C=O) groups is 1. The highest BCUT2D eigenvalue weighted by Crippen LogP contribution is 2.41. The normalized spacial score (nSPS) is 19.3. The van der Waals surface area contributed by atoms with Gasteiger partial charge in [-0.15, -0.1) is 0 Å². The van der Waals surface area contributed by atoms with Gasteiger partial charge in [0.05, 0.1) is 21.6 Å². The Labute approximate surface area is 189 Å². The zero-order valence-electron chi connectivity index (χ0n) is 18.5. The molecule has 1 unspecified atom stereocenters. The van der Waals surface area contributed by atoms with Gasteiger partial charge in [-0.1, -0.05) is 11.6 Å². The van der Waals surface area contributed by atoms with Crippen LogP contribution in [0.1, 0.15) is 52.5 Å². The third-order valence-electron chi connectivity index (χ3n) is 5.77. The number of aromatic nitrogens is 2. The Bertz CT molecular complexity index is 1170. The molecule has 32 heavy (non-hydrogen) atoms. The summed E-state index contributed by atoms with van der Waals surface area (Å²) in [5.41, 5.74) is -1.27. The number of alkyl carbamates (subject to hydrolysis) is 1. The number of amides is 1. The Morgan fingerprint density at radius 1 is 1.31 bits per heavy atom. The van der Waals surface area contributed by atoms with E-state index in [9.17, 15) is 14.4 Å². The minimum absolute atomic E-state index is 0.0372. The predicted molar refractivity (Wildman–Crippen MR) is 121 cm³/mol. The van der Waals surface area contributed by atoms with E-state index in [1.54, 1.807) is 20.8 Å². The topological polar surface area (TPSA) is 96.4 Å². The number of fused-ring (bicyclic) bond motifs is 1. The highest BCUT2D eigenvalue weighted by molar-refractivity contribution is 6.37. The number of nitrogens with zero attached hydrogens (tertiary/aromatic N) is 2. The molecule has 2 aliphatic rings. The summed E-state index contributed by atoms with van der Waals surface area (Å²) < 4.78 is 21.9. The number of piperidine rings is 1. The number of halogens is 2. The first-order valence-electron chi connectivity index (χ1n) is 10.9. The van der Waals surface area contributed by atoms with Gasteiger partial charge in [-0.05, 0) is 58.4 Å². The molecule has 8 nitrogen and oxygen atoms in total. The van der Waals surface area contributed by atoms with E-state index in [1.807, 2.05) is 4.90 Å². The summed E-state index contributed by atoms with van der Waals surface area (Å²) in [6.07, 6.45) is 2.79. The number of rotatable bonds is 4. The molecule has 1 saturated carbocycles. The van der Waals surface area contributed by atoms with Crippen molar-refractivity contribution in [3.63, 3.8) is 0 Å². The maximum Gasteiger partial charge on any atom is 0.407 e. The van der Waals surface area contributed by atoms with Crippen molar-refractivity contribution < 1.29 is 13.9 Å². The van der Waals surface area contributed by atoms with E-state index in [0.717, 1.165) is 31.7 Å². The van der Waals surface area contributed by atoms with Crippen molar-refractivity contribution in [1.29, 1.82) is 0 Å². The zero-order valence-corrected chi connectivity index (χ0v) is 19.2. The standard InChI is InChI=1S/C22H28ClFN4O4/c1-22(2,3)32-21(31)25-10-12-5-4-8-27(11-12)18-15(24)9-14-17(16(18)23)28(13-6-7-13)20(30)26-19(14)29/h9,12-13H,4-8,10-11H2,1-3H3,(H,25,31)(H,26,29,30). The van der Waals surface area contributed by atoms with Crippen LogP contribution in [0, 0.1) is 11.7 Å². The van der Waals surface area contributed by atoms with Crippen molar-refractivity contribution in [1.82, 2.24) is 14.9 Å². The molecule has 1 atom stereocenters. The van der Waals surface area contributed by atoms with Gasteiger partial charge in [0.2, 0.25) is 0 Å². The molecular weight excluding hydrogens is 439 g/mol. The number of hydrogen-bond acceptors (Lipinski definition) is 5. The third-order valence-corrected chi connectivity index (χ3v) is 6.13. The van der Waals surface area contributed by atoms with Gasteiger partial charge < -0.3 is 15.0 Å². The number of benzene rings is 1. The van der Waals surface area contributed by atoms with E-state index in [-0.39, 0.29) is 33.6 Å². The molecule has 2 N–H and O–H groups in total. The summed E-state index contributed by atoms with van der Waals surface area (Å²) in [4.78, 5) is 40.9. The first-order valence-corrected chi connectivity index (χ1v) is 11.3. The second-order valence-corrected chi connectivity index (χ2v) is 9.99.